The van der Waals surface area contributed by atoms with Crippen molar-refractivity contribution >= 4 is 17.3 Å². The molecule has 0 fully saturated rings. The number of fused-ring (bicyclic) bond motifs is 1. The Balaban J connectivity index is 1.86. The van der Waals surface area contributed by atoms with Gasteiger partial charge in [0.15, 0.2) is 0 Å². The lowest BCUT2D eigenvalue weighted by Crippen LogP contribution is -2.35. The maximum Gasteiger partial charge on any atom is 0.314 e. The fourth-order valence-corrected chi connectivity index (χ4v) is 3.68. The molecule has 134 valence electrons. The predicted molar refractivity (Wildman–Crippen MR) is 77.8 cm³/mol. The van der Waals surface area contributed by atoms with E-state index in [2.05, 4.69) is 4.74 Å². The van der Waals surface area contributed by atoms with Gasteiger partial charge in [-0.05, 0) is 23.9 Å². The van der Waals surface area contributed by atoms with Crippen LogP contribution in [0.4, 0.5) is 22.0 Å². The highest BCUT2D eigenvalue weighted by atomic mass is 32.1. The lowest BCUT2D eigenvalue weighted by molar-refractivity contribution is -0.144. The maximum atomic E-state index is 13.6. The molecule has 0 aliphatic carbocycles. The number of benzene rings is 1. The number of rotatable bonds is 3. The van der Waals surface area contributed by atoms with Crippen molar-refractivity contribution in [2.45, 2.75) is 25.4 Å². The topological polar surface area (TPSA) is 35.5 Å². The summed E-state index contributed by atoms with van der Waals surface area (Å²) in [6, 6.07) is 1.75. The molecule has 2 aromatic rings. The van der Waals surface area contributed by atoms with Gasteiger partial charge in [-0.1, -0.05) is 0 Å². The molecule has 1 aromatic carbocycles. The number of thiophene rings is 1. The van der Waals surface area contributed by atoms with Gasteiger partial charge in [-0.2, -0.15) is 8.78 Å². The minimum atomic E-state index is -2.32. The van der Waals surface area contributed by atoms with Crippen LogP contribution in [0.25, 0.3) is 0 Å². The molecule has 0 spiro atoms. The third-order valence-corrected chi connectivity index (χ3v) is 4.91. The van der Waals surface area contributed by atoms with Gasteiger partial charge in [0.2, 0.25) is 34.8 Å². The second-order valence-corrected chi connectivity index (χ2v) is 6.64. The van der Waals surface area contributed by atoms with E-state index < -0.39 is 52.8 Å². The fraction of sp³-hybridized carbons (Fsp3) is 0.312. The van der Waals surface area contributed by atoms with Gasteiger partial charge >= 0.3 is 5.97 Å². The van der Waals surface area contributed by atoms with Crippen LogP contribution in [0.15, 0.2) is 11.4 Å². The second kappa shape index (κ2) is 6.38. The summed E-state index contributed by atoms with van der Waals surface area (Å²) < 4.78 is 76.6. The summed E-state index contributed by atoms with van der Waals surface area (Å²) in [6.45, 7) is 1.93. The molecule has 3 rings (SSSR count). The van der Waals surface area contributed by atoms with Gasteiger partial charge in [0.25, 0.3) is 0 Å². The average Bonchev–Trinajstić information content (AvgIpc) is 3.05. The Morgan fingerprint density at radius 2 is 1.76 bits per heavy atom. The molecule has 0 radical (unpaired) electrons. The van der Waals surface area contributed by atoms with E-state index in [4.69, 9.17) is 4.74 Å². The zero-order chi connectivity index (χ0) is 18.4. The van der Waals surface area contributed by atoms with E-state index in [9.17, 15) is 26.7 Å². The summed E-state index contributed by atoms with van der Waals surface area (Å²) in [5, 5.41) is 1.81. The van der Waals surface area contributed by atoms with Crippen LogP contribution in [-0.2, 0) is 21.6 Å². The van der Waals surface area contributed by atoms with Crippen molar-refractivity contribution < 1.29 is 36.2 Å². The summed E-state index contributed by atoms with van der Waals surface area (Å²) >= 11 is 1.48. The highest BCUT2D eigenvalue weighted by molar-refractivity contribution is 7.10. The number of halogens is 5. The normalized spacial score (nSPS) is 19.6. The van der Waals surface area contributed by atoms with E-state index in [0.29, 0.717) is 13.0 Å². The van der Waals surface area contributed by atoms with Gasteiger partial charge in [0.05, 0.1) is 13.0 Å². The number of hydrogen-bond donors (Lipinski definition) is 0. The van der Waals surface area contributed by atoms with Crippen molar-refractivity contribution in [2.24, 2.45) is 0 Å². The molecule has 1 aliphatic rings. The third-order valence-electron chi connectivity index (χ3n) is 3.93. The number of ether oxygens (including phenoxy) is 2. The molecule has 0 N–H and O–H groups in total. The van der Waals surface area contributed by atoms with Gasteiger partial charge in [0.1, 0.15) is 5.60 Å². The second-order valence-electron chi connectivity index (χ2n) is 5.64. The van der Waals surface area contributed by atoms with Crippen LogP contribution in [0, 0.1) is 29.1 Å². The maximum absolute atomic E-state index is 13.6. The van der Waals surface area contributed by atoms with E-state index in [-0.39, 0.29) is 0 Å². The SMILES string of the molecule is C[C@]1(CC(=O)Oc2c(F)c(F)c(F)c(F)c2F)OCCc2sccc21. The van der Waals surface area contributed by atoms with Crippen LogP contribution in [0.1, 0.15) is 23.8 Å². The Morgan fingerprint density at radius 3 is 2.40 bits per heavy atom. The number of esters is 1. The molecule has 3 nitrogen and oxygen atoms in total. The highest BCUT2D eigenvalue weighted by Crippen LogP contribution is 2.39. The molecule has 9 heteroatoms. The van der Waals surface area contributed by atoms with Gasteiger partial charge in [-0.25, -0.2) is 13.2 Å². The minimum Gasteiger partial charge on any atom is -0.420 e. The van der Waals surface area contributed by atoms with Crippen LogP contribution >= 0.6 is 11.3 Å². The molecular weight excluding hydrogens is 367 g/mol. The summed E-state index contributed by atoms with van der Waals surface area (Å²) in [7, 11) is 0. The van der Waals surface area contributed by atoms with E-state index in [1.807, 2.05) is 5.38 Å². The summed E-state index contributed by atoms with van der Waals surface area (Å²) in [4.78, 5) is 13.1. The number of hydrogen-bond acceptors (Lipinski definition) is 4. The van der Waals surface area contributed by atoms with Crippen molar-refractivity contribution in [2.75, 3.05) is 6.61 Å². The van der Waals surface area contributed by atoms with Gasteiger partial charge in [-0.15, -0.1) is 11.3 Å². The molecule has 0 saturated carbocycles. The first kappa shape index (κ1) is 17.8. The lowest BCUT2D eigenvalue weighted by Gasteiger charge is -2.33. The quantitative estimate of drug-likeness (QED) is 0.264. The molecule has 1 atom stereocenters. The zero-order valence-corrected chi connectivity index (χ0v) is 13.6. The van der Waals surface area contributed by atoms with Crippen LogP contribution in [0.3, 0.4) is 0 Å². The molecule has 1 aliphatic heterocycles. The monoisotopic (exact) mass is 378 g/mol. The Bertz CT molecular complexity index is 822. The first-order chi connectivity index (χ1) is 11.7. The minimum absolute atomic E-state index is 0.333. The Kier molecular flexibility index (Phi) is 4.54. The summed E-state index contributed by atoms with van der Waals surface area (Å²) in [5.74, 6) is -13.9. The highest BCUT2D eigenvalue weighted by Gasteiger charge is 2.38. The Hall–Kier alpha value is -2.00. The van der Waals surface area contributed by atoms with Crippen LogP contribution in [-0.4, -0.2) is 12.6 Å². The lowest BCUT2D eigenvalue weighted by atomic mass is 9.90. The molecular formula is C16H11F5O3S. The molecule has 0 saturated heterocycles. The van der Waals surface area contributed by atoms with Crippen molar-refractivity contribution in [3.8, 4) is 5.75 Å². The van der Waals surface area contributed by atoms with Crippen molar-refractivity contribution in [1.82, 2.24) is 0 Å². The summed E-state index contributed by atoms with van der Waals surface area (Å²) in [5.41, 5.74) is -0.368. The average molecular weight is 378 g/mol. The van der Waals surface area contributed by atoms with Gasteiger partial charge in [0, 0.05) is 11.3 Å². The van der Waals surface area contributed by atoms with E-state index in [1.54, 1.807) is 13.0 Å². The largest absolute Gasteiger partial charge is 0.420 e. The summed E-state index contributed by atoms with van der Waals surface area (Å²) in [6.07, 6.45) is 0.214. The van der Waals surface area contributed by atoms with Crippen molar-refractivity contribution in [3.05, 3.63) is 51.0 Å². The predicted octanol–water partition coefficient (Wildman–Crippen LogP) is 4.23. The first-order valence-electron chi connectivity index (χ1n) is 7.17. The van der Waals surface area contributed by atoms with Crippen LogP contribution in [0.5, 0.6) is 5.75 Å². The van der Waals surface area contributed by atoms with Crippen molar-refractivity contribution in [3.63, 3.8) is 0 Å². The molecule has 0 unspecified atom stereocenters. The van der Waals surface area contributed by atoms with E-state index in [1.165, 1.54) is 11.3 Å². The molecule has 2 heterocycles. The van der Waals surface area contributed by atoms with E-state index >= 15 is 0 Å². The zero-order valence-electron chi connectivity index (χ0n) is 12.8. The van der Waals surface area contributed by atoms with Crippen molar-refractivity contribution in [1.29, 1.82) is 0 Å². The van der Waals surface area contributed by atoms with Gasteiger partial charge < -0.3 is 9.47 Å². The van der Waals surface area contributed by atoms with Gasteiger partial charge in [-0.3, -0.25) is 4.79 Å². The first-order valence-corrected chi connectivity index (χ1v) is 8.05. The molecule has 0 amide bonds. The molecule has 1 aromatic heterocycles. The van der Waals surface area contributed by atoms with Crippen LogP contribution in [0.2, 0.25) is 0 Å². The third kappa shape index (κ3) is 3.02. The van der Waals surface area contributed by atoms with E-state index in [0.717, 1.165) is 10.4 Å². The molecule has 25 heavy (non-hydrogen) atoms. The number of carbonyl (C=O) groups is 1. The number of carbonyl (C=O) groups excluding carboxylic acids is 1. The standard InChI is InChI=1S/C16H11F5O3S/c1-16(7-3-5-25-8(7)2-4-23-16)6-9(22)24-15-13(20)11(18)10(17)12(19)14(15)21/h3,5H,2,4,6H2,1H3/t16-/m1/s1. The fourth-order valence-electron chi connectivity index (χ4n) is 2.70. The Morgan fingerprint density at radius 1 is 1.16 bits per heavy atom. The van der Waals surface area contributed by atoms with Crippen LogP contribution < -0.4 is 4.74 Å². The smallest absolute Gasteiger partial charge is 0.314 e. The molecule has 0 bridgehead atoms. The Labute approximate surface area is 143 Å².